The second-order valence-corrected chi connectivity index (χ2v) is 4.74. The average molecular weight is 295 g/mol. The summed E-state index contributed by atoms with van der Waals surface area (Å²) < 4.78 is 49.4. The minimum Gasteiger partial charge on any atom is -0.344 e. The number of alkyl halides is 4. The third kappa shape index (κ3) is 5.39. The van der Waals surface area contributed by atoms with Crippen molar-refractivity contribution in [2.24, 2.45) is 11.7 Å². The van der Waals surface area contributed by atoms with Gasteiger partial charge < -0.3 is 11.1 Å². The molecular formula is C10H19ClF4N2O. The van der Waals surface area contributed by atoms with E-state index in [4.69, 9.17) is 5.73 Å². The number of carbonyl (C=O) groups is 1. The number of rotatable bonds is 6. The van der Waals surface area contributed by atoms with Crippen LogP contribution < -0.4 is 11.1 Å². The molecule has 0 heterocycles. The zero-order valence-electron chi connectivity index (χ0n) is 10.5. The Hall–Kier alpha value is -0.560. The molecule has 3 N–H and O–H groups in total. The number of amides is 1. The lowest BCUT2D eigenvalue weighted by molar-refractivity contribution is -0.171. The molecule has 0 aromatic rings. The third-order valence-corrected chi connectivity index (χ3v) is 2.30. The largest absolute Gasteiger partial charge is 0.383 e. The molecule has 0 aliphatic carbocycles. The van der Waals surface area contributed by atoms with Crippen molar-refractivity contribution in [3.63, 3.8) is 0 Å². The highest BCUT2D eigenvalue weighted by Gasteiger charge is 2.50. The van der Waals surface area contributed by atoms with Gasteiger partial charge >= 0.3 is 12.3 Å². The molecule has 0 saturated heterocycles. The topological polar surface area (TPSA) is 55.1 Å². The van der Waals surface area contributed by atoms with Gasteiger partial charge in [0, 0.05) is 12.1 Å². The molecule has 0 aliphatic heterocycles. The number of hydrogen-bond donors (Lipinski definition) is 2. The van der Waals surface area contributed by atoms with Gasteiger partial charge in [0.25, 0.3) is 5.91 Å². The average Bonchev–Trinajstić information content (AvgIpc) is 2.15. The van der Waals surface area contributed by atoms with E-state index in [9.17, 15) is 22.4 Å². The summed E-state index contributed by atoms with van der Waals surface area (Å²) in [6, 6.07) is 0. The van der Waals surface area contributed by atoms with E-state index in [1.165, 1.54) is 6.92 Å². The number of halogens is 5. The summed E-state index contributed by atoms with van der Waals surface area (Å²) in [4.78, 5) is 11.1. The van der Waals surface area contributed by atoms with Crippen LogP contribution in [0.5, 0.6) is 0 Å². The highest BCUT2D eigenvalue weighted by Crippen LogP contribution is 2.25. The minimum absolute atomic E-state index is 0. The number of carbonyl (C=O) groups excluding carboxylic acids is 1. The van der Waals surface area contributed by atoms with Crippen LogP contribution in [0.1, 0.15) is 27.2 Å². The summed E-state index contributed by atoms with van der Waals surface area (Å²) in [5.74, 6) is -6.59. The Labute approximate surface area is 110 Å². The van der Waals surface area contributed by atoms with Gasteiger partial charge in [0.05, 0.1) is 0 Å². The van der Waals surface area contributed by atoms with Gasteiger partial charge in [-0.3, -0.25) is 4.79 Å². The first-order chi connectivity index (χ1) is 7.55. The Kier molecular flexibility index (Phi) is 7.84. The van der Waals surface area contributed by atoms with Gasteiger partial charge in [0.1, 0.15) is 0 Å². The molecule has 0 bridgehead atoms. The smallest absolute Gasteiger partial charge is 0.344 e. The number of hydrogen-bond acceptors (Lipinski definition) is 2. The van der Waals surface area contributed by atoms with Gasteiger partial charge in [-0.05, 0) is 19.3 Å². The molecule has 0 radical (unpaired) electrons. The molecule has 1 atom stereocenters. The van der Waals surface area contributed by atoms with Crippen LogP contribution >= 0.6 is 12.4 Å². The van der Waals surface area contributed by atoms with E-state index in [-0.39, 0.29) is 24.9 Å². The lowest BCUT2D eigenvalue weighted by atomic mass is 9.90. The maximum atomic E-state index is 12.7. The summed E-state index contributed by atoms with van der Waals surface area (Å²) in [6.45, 7) is 4.97. The minimum atomic E-state index is -4.69. The summed E-state index contributed by atoms with van der Waals surface area (Å²) in [5, 5.41) is 1.90. The first-order valence-electron chi connectivity index (χ1n) is 5.24. The van der Waals surface area contributed by atoms with Crippen LogP contribution in [0.4, 0.5) is 17.6 Å². The highest BCUT2D eigenvalue weighted by molar-refractivity contribution is 5.85. The van der Waals surface area contributed by atoms with Crippen molar-refractivity contribution < 1.29 is 22.4 Å². The Morgan fingerprint density at radius 3 is 2.06 bits per heavy atom. The van der Waals surface area contributed by atoms with Crippen molar-refractivity contribution >= 4 is 18.3 Å². The van der Waals surface area contributed by atoms with Crippen LogP contribution in [0.25, 0.3) is 0 Å². The molecular weight excluding hydrogens is 276 g/mol. The van der Waals surface area contributed by atoms with E-state index >= 15 is 0 Å². The molecule has 110 valence electrons. The van der Waals surface area contributed by atoms with Crippen LogP contribution in [-0.2, 0) is 4.79 Å². The molecule has 0 aliphatic rings. The second kappa shape index (κ2) is 7.13. The Morgan fingerprint density at radius 2 is 1.78 bits per heavy atom. The fraction of sp³-hybridized carbons (Fsp3) is 0.900. The normalized spacial score (nSPS) is 15.2. The predicted octanol–water partition coefficient (Wildman–Crippen LogP) is 2.19. The molecule has 1 amide bonds. The van der Waals surface area contributed by atoms with Gasteiger partial charge in [-0.25, -0.2) is 8.78 Å². The van der Waals surface area contributed by atoms with Crippen LogP contribution in [0.2, 0.25) is 0 Å². The van der Waals surface area contributed by atoms with E-state index in [0.29, 0.717) is 6.42 Å². The molecule has 0 aromatic carbocycles. The van der Waals surface area contributed by atoms with Crippen LogP contribution in [0, 0.1) is 5.92 Å². The quantitative estimate of drug-likeness (QED) is 0.738. The second-order valence-electron chi connectivity index (χ2n) is 4.74. The number of nitrogens with one attached hydrogen (secondary N) is 1. The van der Waals surface area contributed by atoms with Gasteiger partial charge in [0.15, 0.2) is 0 Å². The van der Waals surface area contributed by atoms with Crippen molar-refractivity contribution in [1.29, 1.82) is 0 Å². The van der Waals surface area contributed by atoms with Crippen LogP contribution in [-0.4, -0.2) is 30.3 Å². The standard InChI is InChI=1S/C10H18F4N2O.ClH/c1-6(2)4-9(3,5-15)16-8(17)10(13,14)7(11)12;/h6-7H,4-5,15H2,1-3H3,(H,16,17);1H. The first kappa shape index (κ1) is 19.8. The van der Waals surface area contributed by atoms with Crippen molar-refractivity contribution in [2.45, 2.75) is 45.1 Å². The van der Waals surface area contributed by atoms with Crippen molar-refractivity contribution in [1.82, 2.24) is 5.32 Å². The van der Waals surface area contributed by atoms with Gasteiger partial charge in [0.2, 0.25) is 0 Å². The van der Waals surface area contributed by atoms with Gasteiger partial charge in [-0.15, -0.1) is 12.4 Å². The maximum Gasteiger partial charge on any atom is 0.383 e. The van der Waals surface area contributed by atoms with E-state index in [0.717, 1.165) is 0 Å². The van der Waals surface area contributed by atoms with Gasteiger partial charge in [-0.2, -0.15) is 8.78 Å². The van der Waals surface area contributed by atoms with Crippen molar-refractivity contribution in [3.8, 4) is 0 Å². The Balaban J connectivity index is 0. The van der Waals surface area contributed by atoms with Crippen LogP contribution in [0.3, 0.4) is 0 Å². The summed E-state index contributed by atoms with van der Waals surface area (Å²) in [5.41, 5.74) is 4.27. The predicted molar refractivity (Wildman–Crippen MR) is 63.3 cm³/mol. The molecule has 3 nitrogen and oxygen atoms in total. The highest BCUT2D eigenvalue weighted by atomic mass is 35.5. The fourth-order valence-electron chi connectivity index (χ4n) is 1.54. The molecule has 0 fully saturated rings. The van der Waals surface area contributed by atoms with Gasteiger partial charge in [-0.1, -0.05) is 13.8 Å². The molecule has 1 unspecified atom stereocenters. The molecule has 0 aromatic heterocycles. The third-order valence-electron chi connectivity index (χ3n) is 2.30. The van der Waals surface area contributed by atoms with E-state index in [2.05, 4.69) is 0 Å². The summed E-state index contributed by atoms with van der Waals surface area (Å²) >= 11 is 0. The molecule has 18 heavy (non-hydrogen) atoms. The van der Waals surface area contributed by atoms with Crippen molar-refractivity contribution in [2.75, 3.05) is 6.54 Å². The molecule has 0 saturated carbocycles. The molecule has 0 rings (SSSR count). The zero-order chi connectivity index (χ0) is 13.9. The first-order valence-corrected chi connectivity index (χ1v) is 5.24. The number of nitrogens with two attached hydrogens (primary N) is 1. The SMILES string of the molecule is CC(C)CC(C)(CN)NC(=O)C(F)(F)C(F)F.Cl. The van der Waals surface area contributed by atoms with E-state index in [1.54, 1.807) is 0 Å². The Morgan fingerprint density at radius 1 is 1.33 bits per heavy atom. The summed E-state index contributed by atoms with van der Waals surface area (Å²) in [7, 11) is 0. The van der Waals surface area contributed by atoms with Crippen molar-refractivity contribution in [3.05, 3.63) is 0 Å². The zero-order valence-corrected chi connectivity index (χ0v) is 11.3. The Bertz CT molecular complexity index is 277. The lowest BCUT2D eigenvalue weighted by Crippen LogP contribution is -2.58. The van der Waals surface area contributed by atoms with Crippen LogP contribution in [0.15, 0.2) is 0 Å². The summed E-state index contributed by atoms with van der Waals surface area (Å²) in [6.07, 6.45) is -3.70. The maximum absolute atomic E-state index is 12.7. The fourth-order valence-corrected chi connectivity index (χ4v) is 1.54. The van der Waals surface area contributed by atoms with E-state index < -0.39 is 23.8 Å². The molecule has 8 heteroatoms. The monoisotopic (exact) mass is 294 g/mol. The van der Waals surface area contributed by atoms with E-state index in [1.807, 2.05) is 19.2 Å². The molecule has 0 spiro atoms. The lowest BCUT2D eigenvalue weighted by Gasteiger charge is -2.32.